The molecule has 0 fully saturated rings. The van der Waals surface area contributed by atoms with Gasteiger partial charge in [-0.05, 0) is 37.1 Å². The Balaban J connectivity index is 1.84. The average molecular weight is 371 g/mol. The Kier molecular flexibility index (Phi) is 4.99. The molecule has 0 amide bonds. The van der Waals surface area contributed by atoms with E-state index >= 15 is 0 Å². The first-order valence-electron chi connectivity index (χ1n) is 8.12. The molecule has 0 spiro atoms. The fourth-order valence-corrected chi connectivity index (χ4v) is 3.99. The van der Waals surface area contributed by atoms with Crippen molar-refractivity contribution in [3.63, 3.8) is 0 Å². The summed E-state index contributed by atoms with van der Waals surface area (Å²) >= 11 is 0. The Hall–Kier alpha value is -2.80. The molecule has 0 unspecified atom stereocenters. The highest BCUT2D eigenvalue weighted by atomic mass is 32.2. The summed E-state index contributed by atoms with van der Waals surface area (Å²) in [6.07, 6.45) is 3.56. The summed E-state index contributed by atoms with van der Waals surface area (Å²) in [4.78, 5) is 4.20. The van der Waals surface area contributed by atoms with E-state index in [1.54, 1.807) is 31.6 Å². The maximum Gasteiger partial charge on any atom is 0.236 e. The monoisotopic (exact) mass is 371 g/mol. The van der Waals surface area contributed by atoms with Crippen LogP contribution in [0.3, 0.4) is 0 Å². The van der Waals surface area contributed by atoms with Crippen molar-refractivity contribution in [2.24, 2.45) is 0 Å². The third kappa shape index (κ3) is 4.05. The fourth-order valence-electron chi connectivity index (χ4n) is 2.70. The molecular formula is C19H21N3O3S. The van der Waals surface area contributed by atoms with E-state index in [9.17, 15) is 8.42 Å². The van der Waals surface area contributed by atoms with E-state index in [4.69, 9.17) is 4.74 Å². The Morgan fingerprint density at radius 3 is 2.58 bits per heavy atom. The minimum Gasteiger partial charge on any atom is -0.494 e. The summed E-state index contributed by atoms with van der Waals surface area (Å²) in [5.41, 5.74) is 3.85. The van der Waals surface area contributed by atoms with E-state index in [0.717, 1.165) is 22.5 Å². The number of hydrogen-bond donors (Lipinski definition) is 1. The number of aryl methyl sites for hydroxylation is 2. The molecule has 2 aromatic carbocycles. The number of rotatable bonds is 6. The van der Waals surface area contributed by atoms with E-state index in [2.05, 4.69) is 9.71 Å². The summed E-state index contributed by atoms with van der Waals surface area (Å²) in [7, 11) is -1.98. The quantitative estimate of drug-likeness (QED) is 0.720. The molecule has 0 saturated carbocycles. The lowest BCUT2D eigenvalue weighted by Gasteiger charge is -2.13. The topological polar surface area (TPSA) is 73.2 Å². The molecule has 0 aliphatic carbocycles. The lowest BCUT2D eigenvalue weighted by Crippen LogP contribution is -2.15. The van der Waals surface area contributed by atoms with Gasteiger partial charge < -0.3 is 9.30 Å². The van der Waals surface area contributed by atoms with Crippen molar-refractivity contribution in [3.8, 4) is 11.4 Å². The van der Waals surface area contributed by atoms with E-state index in [1.807, 2.05) is 48.9 Å². The number of sulfonamides is 1. The van der Waals surface area contributed by atoms with Crippen LogP contribution >= 0.6 is 0 Å². The normalized spacial score (nSPS) is 11.3. The van der Waals surface area contributed by atoms with E-state index < -0.39 is 10.0 Å². The number of methoxy groups -OCH3 is 1. The first-order valence-corrected chi connectivity index (χ1v) is 9.77. The summed E-state index contributed by atoms with van der Waals surface area (Å²) in [5, 5.41) is 0. The Bertz CT molecular complexity index is 1030. The van der Waals surface area contributed by atoms with Gasteiger partial charge in [0.2, 0.25) is 10.0 Å². The zero-order valence-electron chi connectivity index (χ0n) is 14.9. The van der Waals surface area contributed by atoms with Gasteiger partial charge in [0, 0.05) is 12.3 Å². The molecule has 0 saturated heterocycles. The highest BCUT2D eigenvalue weighted by Gasteiger charge is 2.15. The van der Waals surface area contributed by atoms with Gasteiger partial charge in [0.1, 0.15) is 5.75 Å². The van der Waals surface area contributed by atoms with Gasteiger partial charge in [-0.3, -0.25) is 4.72 Å². The van der Waals surface area contributed by atoms with Crippen LogP contribution in [0.5, 0.6) is 5.75 Å². The smallest absolute Gasteiger partial charge is 0.236 e. The molecule has 1 heterocycles. The number of hydrogen-bond acceptors (Lipinski definition) is 4. The summed E-state index contributed by atoms with van der Waals surface area (Å²) in [6, 6.07) is 12.6. The summed E-state index contributed by atoms with van der Waals surface area (Å²) in [5.74, 6) is 0.475. The number of benzene rings is 2. The van der Waals surface area contributed by atoms with Crippen LogP contribution in [0.25, 0.3) is 5.69 Å². The minimum absolute atomic E-state index is 0.0789. The van der Waals surface area contributed by atoms with Crippen molar-refractivity contribution < 1.29 is 13.2 Å². The number of nitrogens with zero attached hydrogens (tertiary/aromatic N) is 2. The van der Waals surface area contributed by atoms with Gasteiger partial charge in [0.05, 0.1) is 36.3 Å². The van der Waals surface area contributed by atoms with Crippen molar-refractivity contribution >= 4 is 15.7 Å². The minimum atomic E-state index is -3.53. The van der Waals surface area contributed by atoms with Gasteiger partial charge in [0.15, 0.2) is 0 Å². The summed E-state index contributed by atoms with van der Waals surface area (Å²) < 4.78 is 34.9. The number of ether oxygens (including phenoxy) is 1. The van der Waals surface area contributed by atoms with Crippen LogP contribution in [0.2, 0.25) is 0 Å². The predicted octanol–water partition coefficient (Wildman–Crippen LogP) is 3.44. The Morgan fingerprint density at radius 2 is 1.92 bits per heavy atom. The zero-order chi connectivity index (χ0) is 18.7. The lowest BCUT2D eigenvalue weighted by atomic mass is 10.1. The molecule has 3 rings (SSSR count). The largest absolute Gasteiger partial charge is 0.494 e. The highest BCUT2D eigenvalue weighted by molar-refractivity contribution is 7.91. The molecule has 1 N–H and O–H groups in total. The van der Waals surface area contributed by atoms with Crippen molar-refractivity contribution in [2.75, 3.05) is 11.8 Å². The standard InChI is InChI=1S/C19H21N3O3S/c1-14-6-4-5-7-16(14)12-26(23,24)21-17-8-9-18(19(10-17)25-3)22-11-15(2)20-13-22/h4-11,13,21H,12H2,1-3H3. The number of nitrogens with one attached hydrogen (secondary N) is 1. The molecule has 0 aliphatic heterocycles. The van der Waals surface area contributed by atoms with Crippen LogP contribution in [0.4, 0.5) is 5.69 Å². The van der Waals surface area contributed by atoms with Gasteiger partial charge in [-0.25, -0.2) is 13.4 Å². The average Bonchev–Trinajstić information content (AvgIpc) is 3.02. The van der Waals surface area contributed by atoms with Crippen LogP contribution in [-0.4, -0.2) is 25.1 Å². The molecular weight excluding hydrogens is 350 g/mol. The van der Waals surface area contributed by atoms with Crippen molar-refractivity contribution in [1.29, 1.82) is 0 Å². The molecule has 0 radical (unpaired) electrons. The third-order valence-electron chi connectivity index (χ3n) is 4.05. The molecule has 26 heavy (non-hydrogen) atoms. The lowest BCUT2D eigenvalue weighted by molar-refractivity contribution is 0.413. The maximum absolute atomic E-state index is 12.5. The molecule has 0 atom stereocenters. The van der Waals surface area contributed by atoms with E-state index in [0.29, 0.717) is 11.4 Å². The molecule has 1 aromatic heterocycles. The van der Waals surface area contributed by atoms with Gasteiger partial charge in [-0.2, -0.15) is 0 Å². The first-order chi connectivity index (χ1) is 12.4. The molecule has 6 nitrogen and oxygen atoms in total. The number of aromatic nitrogens is 2. The SMILES string of the molecule is COc1cc(NS(=O)(=O)Cc2ccccc2C)ccc1-n1cnc(C)c1. The van der Waals surface area contributed by atoms with Gasteiger partial charge in [-0.15, -0.1) is 0 Å². The number of anilines is 1. The second-order valence-corrected chi connectivity index (χ2v) is 7.82. The Labute approximate surface area is 153 Å². The van der Waals surface area contributed by atoms with Crippen molar-refractivity contribution in [1.82, 2.24) is 9.55 Å². The van der Waals surface area contributed by atoms with Gasteiger partial charge in [-0.1, -0.05) is 24.3 Å². The van der Waals surface area contributed by atoms with E-state index in [1.165, 1.54) is 0 Å². The predicted molar refractivity (Wildman–Crippen MR) is 102 cm³/mol. The van der Waals surface area contributed by atoms with Crippen LogP contribution in [-0.2, 0) is 15.8 Å². The van der Waals surface area contributed by atoms with E-state index in [-0.39, 0.29) is 5.75 Å². The molecule has 0 bridgehead atoms. The van der Waals surface area contributed by atoms with Gasteiger partial charge >= 0.3 is 0 Å². The van der Waals surface area contributed by atoms with Crippen LogP contribution in [0.15, 0.2) is 55.0 Å². The third-order valence-corrected chi connectivity index (χ3v) is 5.29. The molecule has 3 aromatic rings. The summed E-state index contributed by atoms with van der Waals surface area (Å²) in [6.45, 7) is 3.80. The maximum atomic E-state index is 12.5. The first kappa shape index (κ1) is 18.0. The molecule has 136 valence electrons. The Morgan fingerprint density at radius 1 is 1.15 bits per heavy atom. The second-order valence-electron chi connectivity index (χ2n) is 6.10. The zero-order valence-corrected chi connectivity index (χ0v) is 15.7. The number of imidazole rings is 1. The van der Waals surface area contributed by atoms with Crippen molar-refractivity contribution in [3.05, 3.63) is 71.8 Å². The fraction of sp³-hybridized carbons (Fsp3) is 0.211. The molecule has 0 aliphatic rings. The molecule has 7 heteroatoms. The van der Waals surface area contributed by atoms with Crippen LogP contribution < -0.4 is 9.46 Å². The highest BCUT2D eigenvalue weighted by Crippen LogP contribution is 2.27. The second kappa shape index (κ2) is 7.21. The van der Waals surface area contributed by atoms with Crippen LogP contribution in [0, 0.1) is 13.8 Å². The van der Waals surface area contributed by atoms with Crippen molar-refractivity contribution in [2.45, 2.75) is 19.6 Å². The van der Waals surface area contributed by atoms with Gasteiger partial charge in [0.25, 0.3) is 0 Å². The van der Waals surface area contributed by atoms with Crippen LogP contribution in [0.1, 0.15) is 16.8 Å².